The first-order valence-electron chi connectivity index (χ1n) is 9.84. The van der Waals surface area contributed by atoms with Crippen molar-refractivity contribution in [1.29, 1.82) is 0 Å². The molecule has 2 aliphatic rings. The zero-order valence-corrected chi connectivity index (χ0v) is 16.6. The van der Waals surface area contributed by atoms with E-state index in [1.165, 1.54) is 5.56 Å². The summed E-state index contributed by atoms with van der Waals surface area (Å²) in [7, 11) is 0. The molecule has 0 bridgehead atoms. The molecule has 0 saturated carbocycles. The monoisotopic (exact) mass is 385 g/mol. The van der Waals surface area contributed by atoms with E-state index in [9.17, 15) is 4.79 Å². The summed E-state index contributed by atoms with van der Waals surface area (Å²) >= 11 is 1.54. The molecule has 144 valence electrons. The molecule has 1 unspecified atom stereocenters. The molecule has 1 saturated heterocycles. The Balaban J connectivity index is 1.27. The van der Waals surface area contributed by atoms with Crippen molar-refractivity contribution in [2.24, 2.45) is 5.92 Å². The van der Waals surface area contributed by atoms with Crippen LogP contribution in [0.2, 0.25) is 0 Å². The maximum absolute atomic E-state index is 12.7. The van der Waals surface area contributed by atoms with Crippen LogP contribution in [0, 0.1) is 5.92 Å². The highest BCUT2D eigenvalue weighted by Crippen LogP contribution is 2.28. The summed E-state index contributed by atoms with van der Waals surface area (Å²) in [6.07, 6.45) is 4.28. The van der Waals surface area contributed by atoms with Gasteiger partial charge in [-0.1, -0.05) is 41.7 Å². The fourth-order valence-corrected chi connectivity index (χ4v) is 4.89. The van der Waals surface area contributed by atoms with Gasteiger partial charge in [-0.3, -0.25) is 9.69 Å². The van der Waals surface area contributed by atoms with Crippen LogP contribution in [0.5, 0.6) is 0 Å². The Hall–Kier alpha value is -1.76. The Kier molecular flexibility index (Phi) is 5.86. The molecule has 6 heteroatoms. The van der Waals surface area contributed by atoms with Crippen LogP contribution in [0.15, 0.2) is 30.3 Å². The summed E-state index contributed by atoms with van der Waals surface area (Å²) < 4.78 is 5.46. The number of benzene rings is 1. The molecule has 1 aromatic carbocycles. The SMILES string of the molecule is CC(C(=O)Nc1nc2c(s1)COCC2)N1CCC(Cc2ccccc2)CC1. The van der Waals surface area contributed by atoms with Crippen LogP contribution in [0.25, 0.3) is 0 Å². The van der Waals surface area contributed by atoms with E-state index in [4.69, 9.17) is 4.74 Å². The Labute approximate surface area is 164 Å². The summed E-state index contributed by atoms with van der Waals surface area (Å²) in [5, 5.41) is 3.73. The number of fused-ring (bicyclic) bond motifs is 1. The molecule has 2 aliphatic heterocycles. The number of nitrogens with zero attached hydrogens (tertiary/aromatic N) is 2. The average molecular weight is 386 g/mol. The predicted molar refractivity (Wildman–Crippen MR) is 108 cm³/mol. The first-order valence-corrected chi connectivity index (χ1v) is 10.7. The lowest BCUT2D eigenvalue weighted by Gasteiger charge is -2.35. The van der Waals surface area contributed by atoms with Gasteiger partial charge in [0.1, 0.15) is 0 Å². The average Bonchev–Trinajstić information content (AvgIpc) is 3.11. The lowest BCUT2D eigenvalue weighted by Crippen LogP contribution is -2.46. The van der Waals surface area contributed by atoms with Gasteiger partial charge in [-0.2, -0.15) is 0 Å². The molecule has 0 radical (unpaired) electrons. The van der Waals surface area contributed by atoms with Gasteiger partial charge >= 0.3 is 0 Å². The maximum atomic E-state index is 12.7. The van der Waals surface area contributed by atoms with Gasteiger partial charge in [0.2, 0.25) is 5.91 Å². The van der Waals surface area contributed by atoms with Crippen molar-refractivity contribution in [3.05, 3.63) is 46.5 Å². The molecule has 3 heterocycles. The summed E-state index contributed by atoms with van der Waals surface area (Å²) in [6.45, 7) is 5.30. The topological polar surface area (TPSA) is 54.5 Å². The number of hydrogen-bond acceptors (Lipinski definition) is 5. The highest BCUT2D eigenvalue weighted by Gasteiger charge is 2.27. The van der Waals surface area contributed by atoms with Gasteiger partial charge in [0.25, 0.3) is 0 Å². The maximum Gasteiger partial charge on any atom is 0.243 e. The van der Waals surface area contributed by atoms with Gasteiger partial charge in [0.05, 0.1) is 29.8 Å². The Morgan fingerprint density at radius 3 is 2.85 bits per heavy atom. The lowest BCUT2D eigenvalue weighted by atomic mass is 9.89. The molecular weight excluding hydrogens is 358 g/mol. The number of amides is 1. The summed E-state index contributed by atoms with van der Waals surface area (Å²) in [6, 6.07) is 10.6. The van der Waals surface area contributed by atoms with E-state index in [-0.39, 0.29) is 11.9 Å². The van der Waals surface area contributed by atoms with Crippen molar-refractivity contribution >= 4 is 22.4 Å². The quantitative estimate of drug-likeness (QED) is 0.856. The third kappa shape index (κ3) is 4.57. The van der Waals surface area contributed by atoms with Crippen LogP contribution < -0.4 is 5.32 Å². The number of rotatable bonds is 5. The Bertz CT molecular complexity index is 745. The minimum atomic E-state index is -0.125. The Morgan fingerprint density at radius 1 is 1.33 bits per heavy atom. The molecule has 1 N–H and O–H groups in total. The minimum absolute atomic E-state index is 0.0449. The van der Waals surface area contributed by atoms with Crippen molar-refractivity contribution in [1.82, 2.24) is 9.88 Å². The fourth-order valence-electron chi connectivity index (χ4n) is 3.95. The number of ether oxygens (including phenoxy) is 1. The molecule has 0 spiro atoms. The first kappa shape index (κ1) is 18.6. The molecule has 1 amide bonds. The van der Waals surface area contributed by atoms with Gasteiger partial charge in [0.15, 0.2) is 5.13 Å². The van der Waals surface area contributed by atoms with Gasteiger partial charge in [-0.25, -0.2) is 4.98 Å². The van der Waals surface area contributed by atoms with Gasteiger partial charge in [0, 0.05) is 6.42 Å². The van der Waals surface area contributed by atoms with Gasteiger partial charge in [-0.05, 0) is 50.8 Å². The molecular formula is C21H27N3O2S. The van der Waals surface area contributed by atoms with E-state index < -0.39 is 0 Å². The van der Waals surface area contributed by atoms with Crippen LogP contribution in [0.1, 0.15) is 35.9 Å². The largest absolute Gasteiger partial charge is 0.375 e. The van der Waals surface area contributed by atoms with Crippen LogP contribution in [0.3, 0.4) is 0 Å². The van der Waals surface area contributed by atoms with Crippen LogP contribution >= 0.6 is 11.3 Å². The Morgan fingerprint density at radius 2 is 2.11 bits per heavy atom. The minimum Gasteiger partial charge on any atom is -0.375 e. The molecule has 5 nitrogen and oxygen atoms in total. The van der Waals surface area contributed by atoms with Crippen LogP contribution in [-0.4, -0.2) is 41.5 Å². The highest BCUT2D eigenvalue weighted by molar-refractivity contribution is 7.15. The predicted octanol–water partition coefficient (Wildman–Crippen LogP) is 3.50. The molecule has 2 aromatic rings. The van der Waals surface area contributed by atoms with Crippen molar-refractivity contribution in [3.63, 3.8) is 0 Å². The summed E-state index contributed by atoms with van der Waals surface area (Å²) in [5.41, 5.74) is 2.49. The highest BCUT2D eigenvalue weighted by atomic mass is 32.1. The van der Waals surface area contributed by atoms with Crippen LogP contribution in [-0.2, 0) is 29.0 Å². The molecule has 27 heavy (non-hydrogen) atoms. The third-order valence-corrected chi connectivity index (χ3v) is 6.65. The van der Waals surface area contributed by atoms with Crippen molar-refractivity contribution in [2.75, 3.05) is 25.0 Å². The van der Waals surface area contributed by atoms with E-state index in [1.807, 2.05) is 6.92 Å². The fraction of sp³-hybridized carbons (Fsp3) is 0.524. The number of carbonyl (C=O) groups excluding carboxylic acids is 1. The third-order valence-electron chi connectivity index (χ3n) is 5.67. The second-order valence-electron chi connectivity index (χ2n) is 7.53. The second-order valence-corrected chi connectivity index (χ2v) is 8.61. The lowest BCUT2D eigenvalue weighted by molar-refractivity contribution is -0.121. The standard InChI is InChI=1S/C21H27N3O2S/c1-15(20(25)23-21-22-18-9-12-26-14-19(18)27-21)24-10-7-17(8-11-24)13-16-5-3-2-4-6-16/h2-6,15,17H,7-14H2,1H3,(H,22,23,25). The number of nitrogens with one attached hydrogen (secondary N) is 1. The van der Waals surface area contributed by atoms with Gasteiger partial charge < -0.3 is 10.1 Å². The molecule has 0 aliphatic carbocycles. The number of anilines is 1. The normalized spacial score (nSPS) is 19.4. The number of carbonyl (C=O) groups is 1. The number of piperidine rings is 1. The molecule has 1 atom stereocenters. The van der Waals surface area contributed by atoms with E-state index in [0.717, 1.165) is 56.0 Å². The molecule has 1 fully saturated rings. The number of likely N-dealkylation sites (tertiary alicyclic amines) is 1. The van der Waals surface area contributed by atoms with E-state index in [2.05, 4.69) is 45.5 Å². The second kappa shape index (κ2) is 8.50. The van der Waals surface area contributed by atoms with Crippen molar-refractivity contribution < 1.29 is 9.53 Å². The molecule has 1 aromatic heterocycles. The smallest absolute Gasteiger partial charge is 0.243 e. The summed E-state index contributed by atoms with van der Waals surface area (Å²) in [5.74, 6) is 0.758. The zero-order valence-electron chi connectivity index (χ0n) is 15.8. The molecule has 4 rings (SSSR count). The van der Waals surface area contributed by atoms with Gasteiger partial charge in [-0.15, -0.1) is 0 Å². The first-order chi connectivity index (χ1) is 13.2. The van der Waals surface area contributed by atoms with Crippen molar-refractivity contribution in [2.45, 2.75) is 45.3 Å². The zero-order chi connectivity index (χ0) is 18.6. The summed E-state index contributed by atoms with van der Waals surface area (Å²) in [4.78, 5) is 20.7. The number of hydrogen-bond donors (Lipinski definition) is 1. The van der Waals surface area contributed by atoms with Crippen LogP contribution in [0.4, 0.5) is 5.13 Å². The number of thiazole rings is 1. The number of aromatic nitrogens is 1. The van der Waals surface area contributed by atoms with E-state index in [1.54, 1.807) is 11.3 Å². The van der Waals surface area contributed by atoms with E-state index in [0.29, 0.717) is 17.7 Å². The van der Waals surface area contributed by atoms with Crippen molar-refractivity contribution in [3.8, 4) is 0 Å². The van der Waals surface area contributed by atoms with E-state index >= 15 is 0 Å².